The van der Waals surface area contributed by atoms with Crippen molar-refractivity contribution >= 4 is 5.97 Å². The van der Waals surface area contributed by atoms with Gasteiger partial charge in [0.05, 0.1) is 0 Å². The third kappa shape index (κ3) is 3.28. The molecule has 1 rings (SSSR count). The molecule has 1 N–H and O–H groups in total. The lowest BCUT2D eigenvalue weighted by Crippen LogP contribution is -1.91. The van der Waals surface area contributed by atoms with Gasteiger partial charge in [-0.15, -0.1) is 0 Å². The molecule has 0 heterocycles. The molecule has 0 atom stereocenters. The minimum absolute atomic E-state index is 0.200. The topological polar surface area (TPSA) is 37.3 Å². The Morgan fingerprint density at radius 3 is 2.71 bits per heavy atom. The number of hydrogen-bond donors (Lipinski definition) is 1. The van der Waals surface area contributed by atoms with Crippen LogP contribution in [0.3, 0.4) is 0 Å². The van der Waals surface area contributed by atoms with Gasteiger partial charge in [-0.05, 0) is 11.6 Å². The fourth-order valence-electron chi connectivity index (χ4n) is 0.938. The van der Waals surface area contributed by atoms with E-state index >= 15 is 0 Å². The standard InChI is InChI=1S/C11H9FO2/c12-10-7-3-1-5-9(10)6-2-4-8-11(13)14/h1,3,5,7H,6,8H2,(H,13,14). The number of carbonyl (C=O) groups is 1. The summed E-state index contributed by atoms with van der Waals surface area (Å²) in [5, 5.41) is 8.29. The summed E-state index contributed by atoms with van der Waals surface area (Å²) in [4.78, 5) is 10.1. The molecule has 0 spiro atoms. The van der Waals surface area contributed by atoms with Crippen LogP contribution in [0.15, 0.2) is 24.3 Å². The zero-order valence-corrected chi connectivity index (χ0v) is 7.46. The Morgan fingerprint density at radius 1 is 1.36 bits per heavy atom. The number of carboxylic acids is 1. The van der Waals surface area contributed by atoms with Gasteiger partial charge in [0.1, 0.15) is 12.2 Å². The Bertz CT molecular complexity index is 388. The van der Waals surface area contributed by atoms with Crippen LogP contribution in [-0.4, -0.2) is 11.1 Å². The molecular formula is C11H9FO2. The van der Waals surface area contributed by atoms with Crippen LogP contribution >= 0.6 is 0 Å². The molecule has 0 bridgehead atoms. The lowest BCUT2D eigenvalue weighted by molar-refractivity contribution is -0.135. The van der Waals surface area contributed by atoms with Crippen LogP contribution in [-0.2, 0) is 11.2 Å². The van der Waals surface area contributed by atoms with Crippen molar-refractivity contribution in [2.45, 2.75) is 12.8 Å². The van der Waals surface area contributed by atoms with E-state index in [-0.39, 0.29) is 18.7 Å². The number of carboxylic acid groups (broad SMARTS) is 1. The van der Waals surface area contributed by atoms with Crippen molar-refractivity contribution < 1.29 is 14.3 Å². The van der Waals surface area contributed by atoms with Gasteiger partial charge in [-0.3, -0.25) is 4.79 Å². The van der Waals surface area contributed by atoms with Gasteiger partial charge in [0.25, 0.3) is 0 Å². The highest BCUT2D eigenvalue weighted by Crippen LogP contribution is 2.05. The van der Waals surface area contributed by atoms with E-state index in [1.165, 1.54) is 6.07 Å². The van der Waals surface area contributed by atoms with Gasteiger partial charge < -0.3 is 5.11 Å². The van der Waals surface area contributed by atoms with Gasteiger partial charge >= 0.3 is 5.97 Å². The summed E-state index contributed by atoms with van der Waals surface area (Å²) in [7, 11) is 0. The number of rotatable bonds is 2. The summed E-state index contributed by atoms with van der Waals surface area (Å²) in [5.41, 5.74) is 0.491. The number of halogens is 1. The monoisotopic (exact) mass is 192 g/mol. The third-order valence-corrected chi connectivity index (χ3v) is 1.60. The van der Waals surface area contributed by atoms with E-state index in [4.69, 9.17) is 5.11 Å². The van der Waals surface area contributed by atoms with Crippen LogP contribution in [0.25, 0.3) is 0 Å². The van der Waals surface area contributed by atoms with Gasteiger partial charge in [0.15, 0.2) is 0 Å². The van der Waals surface area contributed by atoms with Gasteiger partial charge in [0.2, 0.25) is 0 Å². The molecule has 0 aliphatic carbocycles. The highest BCUT2D eigenvalue weighted by Gasteiger charge is 1.96. The summed E-state index contributed by atoms with van der Waals surface area (Å²) >= 11 is 0. The zero-order valence-electron chi connectivity index (χ0n) is 7.46. The lowest BCUT2D eigenvalue weighted by atomic mass is 10.1. The van der Waals surface area contributed by atoms with Crippen LogP contribution < -0.4 is 0 Å². The van der Waals surface area contributed by atoms with Crippen LogP contribution in [0.4, 0.5) is 4.39 Å². The average Bonchev–Trinajstić information content (AvgIpc) is 2.15. The lowest BCUT2D eigenvalue weighted by Gasteiger charge is -1.95. The molecule has 0 aliphatic rings. The minimum Gasteiger partial charge on any atom is -0.481 e. The highest BCUT2D eigenvalue weighted by molar-refractivity contribution is 5.69. The summed E-state index contributed by atoms with van der Waals surface area (Å²) in [6, 6.07) is 6.31. The van der Waals surface area contributed by atoms with Crippen molar-refractivity contribution in [3.63, 3.8) is 0 Å². The zero-order chi connectivity index (χ0) is 10.4. The Labute approximate surface area is 81.4 Å². The molecule has 3 heteroatoms. The van der Waals surface area contributed by atoms with E-state index in [1.54, 1.807) is 18.2 Å². The van der Waals surface area contributed by atoms with E-state index in [9.17, 15) is 9.18 Å². The fraction of sp³-hybridized carbons (Fsp3) is 0.182. The number of aliphatic carboxylic acids is 1. The van der Waals surface area contributed by atoms with Crippen LogP contribution in [0.5, 0.6) is 0 Å². The maximum Gasteiger partial charge on any atom is 0.315 e. The van der Waals surface area contributed by atoms with Gasteiger partial charge in [-0.25, -0.2) is 4.39 Å². The fourth-order valence-corrected chi connectivity index (χ4v) is 0.938. The van der Waals surface area contributed by atoms with E-state index in [1.807, 2.05) is 0 Å². The van der Waals surface area contributed by atoms with Gasteiger partial charge in [0, 0.05) is 6.42 Å². The maximum atomic E-state index is 13.0. The van der Waals surface area contributed by atoms with E-state index in [0.717, 1.165) is 0 Å². The molecule has 0 radical (unpaired) electrons. The molecule has 0 aliphatic heterocycles. The first-order valence-corrected chi connectivity index (χ1v) is 4.11. The first kappa shape index (κ1) is 10.3. The third-order valence-electron chi connectivity index (χ3n) is 1.60. The Kier molecular flexibility index (Phi) is 3.69. The van der Waals surface area contributed by atoms with Crippen molar-refractivity contribution in [3.8, 4) is 11.8 Å². The second-order valence-electron chi connectivity index (χ2n) is 2.69. The van der Waals surface area contributed by atoms with Crippen LogP contribution in [0.1, 0.15) is 12.0 Å². The molecule has 0 amide bonds. The predicted octanol–water partition coefficient (Wildman–Crippen LogP) is 1.85. The molecule has 0 saturated carbocycles. The van der Waals surface area contributed by atoms with Crippen molar-refractivity contribution in [1.82, 2.24) is 0 Å². The molecule has 0 aromatic heterocycles. The Balaban J connectivity index is 2.56. The highest BCUT2D eigenvalue weighted by atomic mass is 19.1. The summed E-state index contributed by atoms with van der Waals surface area (Å²) in [5.74, 6) is 3.77. The van der Waals surface area contributed by atoms with Gasteiger partial charge in [-0.2, -0.15) is 0 Å². The van der Waals surface area contributed by atoms with Crippen molar-refractivity contribution in [2.75, 3.05) is 0 Å². The normalized spacial score (nSPS) is 8.93. The summed E-state index contributed by atoms with van der Waals surface area (Å²) < 4.78 is 13.0. The summed E-state index contributed by atoms with van der Waals surface area (Å²) in [6.45, 7) is 0. The molecule has 0 saturated heterocycles. The first-order chi connectivity index (χ1) is 6.70. The van der Waals surface area contributed by atoms with Gasteiger partial charge in [-0.1, -0.05) is 30.0 Å². The summed E-state index contributed by atoms with van der Waals surface area (Å²) in [6.07, 6.45) is 0.0500. The first-order valence-electron chi connectivity index (χ1n) is 4.11. The second-order valence-corrected chi connectivity index (χ2v) is 2.69. The van der Waals surface area contributed by atoms with E-state index < -0.39 is 5.97 Å². The van der Waals surface area contributed by atoms with Crippen molar-refractivity contribution in [3.05, 3.63) is 35.6 Å². The molecular weight excluding hydrogens is 183 g/mol. The average molecular weight is 192 g/mol. The smallest absolute Gasteiger partial charge is 0.315 e. The van der Waals surface area contributed by atoms with E-state index in [2.05, 4.69) is 11.8 Å². The second kappa shape index (κ2) is 5.03. The SMILES string of the molecule is O=C(O)CC#CCc1ccccc1F. The quantitative estimate of drug-likeness (QED) is 0.726. The number of hydrogen-bond acceptors (Lipinski definition) is 1. The molecule has 2 nitrogen and oxygen atoms in total. The Morgan fingerprint density at radius 2 is 2.07 bits per heavy atom. The predicted molar refractivity (Wildman–Crippen MR) is 50.1 cm³/mol. The minimum atomic E-state index is -0.967. The van der Waals surface area contributed by atoms with Crippen molar-refractivity contribution in [1.29, 1.82) is 0 Å². The molecule has 72 valence electrons. The number of benzene rings is 1. The largest absolute Gasteiger partial charge is 0.481 e. The van der Waals surface area contributed by atoms with E-state index in [0.29, 0.717) is 5.56 Å². The molecule has 1 aromatic rings. The maximum absolute atomic E-state index is 13.0. The molecule has 0 unspecified atom stereocenters. The Hall–Kier alpha value is -1.82. The molecule has 14 heavy (non-hydrogen) atoms. The van der Waals surface area contributed by atoms with Crippen molar-refractivity contribution in [2.24, 2.45) is 0 Å². The molecule has 1 aromatic carbocycles. The van der Waals surface area contributed by atoms with Crippen LogP contribution in [0.2, 0.25) is 0 Å². The molecule has 0 fully saturated rings. The van der Waals surface area contributed by atoms with Crippen LogP contribution in [0, 0.1) is 17.7 Å².